The first kappa shape index (κ1) is 22.1. The molecule has 0 aliphatic rings. The molecule has 0 atom stereocenters. The third-order valence-corrected chi connectivity index (χ3v) is 5.16. The van der Waals surface area contributed by atoms with Crippen molar-refractivity contribution in [2.45, 2.75) is 20.8 Å². The summed E-state index contributed by atoms with van der Waals surface area (Å²) in [4.78, 5) is 23.8. The molecule has 7 heteroatoms. The van der Waals surface area contributed by atoms with Crippen LogP contribution in [0.3, 0.4) is 0 Å². The Morgan fingerprint density at radius 3 is 2.35 bits per heavy atom. The van der Waals surface area contributed by atoms with Gasteiger partial charge in [0.1, 0.15) is 11.6 Å². The summed E-state index contributed by atoms with van der Waals surface area (Å²) in [5.41, 5.74) is 4.89. The van der Waals surface area contributed by atoms with Crippen LogP contribution in [0.1, 0.15) is 23.9 Å². The first-order valence-electron chi connectivity index (χ1n) is 9.54. The van der Waals surface area contributed by atoms with Crippen LogP contribution < -0.4 is 10.6 Å². The smallest absolute Gasteiger partial charge is 0.266 e. The Bertz CT molecular complexity index is 1220. The molecule has 2 N–H and O–H groups in total. The second-order valence-corrected chi connectivity index (χ2v) is 7.94. The van der Waals surface area contributed by atoms with Crippen molar-refractivity contribution in [2.24, 2.45) is 0 Å². The van der Waals surface area contributed by atoms with Gasteiger partial charge in [-0.25, -0.2) is 0 Å². The van der Waals surface area contributed by atoms with Gasteiger partial charge in [-0.3, -0.25) is 9.59 Å². The predicted octanol–water partition coefficient (Wildman–Crippen LogP) is 5.36. The maximum atomic E-state index is 12.6. The van der Waals surface area contributed by atoms with E-state index in [9.17, 15) is 14.9 Å². The fourth-order valence-electron chi connectivity index (χ4n) is 3.30. The highest BCUT2D eigenvalue weighted by molar-refractivity contribution is 9.10. The molecule has 156 valence electrons. The molecule has 1 aromatic heterocycles. The SMILES string of the molecule is CC(=O)Nc1ccc(-n2c(C)cc(/C=C(/C#N)C(=O)Nc3cccc(Br)c3)c2C)cc1. The number of carbonyl (C=O) groups excluding carboxylic acids is 2. The van der Waals surface area contributed by atoms with Crippen molar-refractivity contribution < 1.29 is 9.59 Å². The number of anilines is 2. The van der Waals surface area contributed by atoms with Gasteiger partial charge in [-0.1, -0.05) is 22.0 Å². The number of halogens is 1. The van der Waals surface area contributed by atoms with Crippen molar-refractivity contribution >= 4 is 45.2 Å². The number of aromatic nitrogens is 1. The average molecular weight is 477 g/mol. The molecule has 0 unspecified atom stereocenters. The normalized spacial score (nSPS) is 11.0. The molecular formula is C24H21BrN4O2. The van der Waals surface area contributed by atoms with Crippen LogP contribution >= 0.6 is 15.9 Å². The summed E-state index contributed by atoms with van der Waals surface area (Å²) in [5.74, 6) is -0.594. The molecule has 0 aliphatic heterocycles. The monoisotopic (exact) mass is 476 g/mol. The maximum absolute atomic E-state index is 12.6. The van der Waals surface area contributed by atoms with E-state index in [1.807, 2.05) is 60.9 Å². The van der Waals surface area contributed by atoms with E-state index in [4.69, 9.17) is 0 Å². The Hall–Kier alpha value is -3.63. The number of aryl methyl sites for hydroxylation is 1. The van der Waals surface area contributed by atoms with Gasteiger partial charge < -0.3 is 15.2 Å². The number of hydrogen-bond acceptors (Lipinski definition) is 3. The molecule has 2 amide bonds. The zero-order chi connectivity index (χ0) is 22.5. The minimum Gasteiger partial charge on any atom is -0.326 e. The van der Waals surface area contributed by atoms with Crippen LogP contribution in [0.5, 0.6) is 0 Å². The molecule has 0 aliphatic carbocycles. The van der Waals surface area contributed by atoms with Crippen LogP contribution in [0.15, 0.2) is 64.6 Å². The molecular weight excluding hydrogens is 456 g/mol. The summed E-state index contributed by atoms with van der Waals surface area (Å²) < 4.78 is 2.87. The molecule has 2 aromatic carbocycles. The third kappa shape index (κ3) is 5.30. The van der Waals surface area contributed by atoms with Gasteiger partial charge in [-0.05, 0) is 74.0 Å². The molecule has 0 radical (unpaired) electrons. The molecule has 1 heterocycles. The minimum atomic E-state index is -0.468. The van der Waals surface area contributed by atoms with E-state index < -0.39 is 5.91 Å². The predicted molar refractivity (Wildman–Crippen MR) is 126 cm³/mol. The van der Waals surface area contributed by atoms with Gasteiger partial charge in [0.25, 0.3) is 5.91 Å². The standard InChI is InChI=1S/C24H21BrN4O2/c1-15-11-18(12-19(14-26)24(31)28-22-6-4-5-20(25)13-22)16(2)29(15)23-9-7-21(8-10-23)27-17(3)30/h4-13H,1-3H3,(H,27,30)(H,28,31)/b19-12-. The lowest BCUT2D eigenvalue weighted by Crippen LogP contribution is -2.13. The van der Waals surface area contributed by atoms with Crippen LogP contribution in [-0.4, -0.2) is 16.4 Å². The quantitative estimate of drug-likeness (QED) is 0.383. The van der Waals surface area contributed by atoms with Crippen molar-refractivity contribution in [2.75, 3.05) is 10.6 Å². The highest BCUT2D eigenvalue weighted by Gasteiger charge is 2.14. The molecule has 31 heavy (non-hydrogen) atoms. The Kier molecular flexibility index (Phi) is 6.73. The van der Waals surface area contributed by atoms with E-state index in [0.717, 1.165) is 32.8 Å². The molecule has 0 saturated heterocycles. The van der Waals surface area contributed by atoms with Crippen LogP contribution in [0.25, 0.3) is 11.8 Å². The van der Waals surface area contributed by atoms with Crippen molar-refractivity contribution in [3.8, 4) is 11.8 Å². The zero-order valence-electron chi connectivity index (χ0n) is 17.4. The summed E-state index contributed by atoms with van der Waals surface area (Å²) in [6.07, 6.45) is 1.60. The Balaban J connectivity index is 1.89. The van der Waals surface area contributed by atoms with Crippen LogP contribution in [0.4, 0.5) is 11.4 Å². The van der Waals surface area contributed by atoms with Gasteiger partial charge in [0, 0.05) is 39.8 Å². The third-order valence-electron chi connectivity index (χ3n) is 4.66. The van der Waals surface area contributed by atoms with Gasteiger partial charge in [0.15, 0.2) is 0 Å². The van der Waals surface area contributed by atoms with E-state index in [1.165, 1.54) is 6.92 Å². The summed E-state index contributed by atoms with van der Waals surface area (Å²) in [6.45, 7) is 5.35. The van der Waals surface area contributed by atoms with E-state index in [2.05, 4.69) is 26.6 Å². The van der Waals surface area contributed by atoms with Gasteiger partial charge >= 0.3 is 0 Å². The molecule has 0 bridgehead atoms. The lowest BCUT2D eigenvalue weighted by molar-refractivity contribution is -0.114. The lowest BCUT2D eigenvalue weighted by atomic mass is 10.1. The van der Waals surface area contributed by atoms with E-state index in [-0.39, 0.29) is 11.5 Å². The summed E-state index contributed by atoms with van der Waals surface area (Å²) in [5, 5.41) is 15.0. The Morgan fingerprint density at radius 2 is 1.74 bits per heavy atom. The number of nitriles is 1. The first-order valence-corrected chi connectivity index (χ1v) is 10.3. The topological polar surface area (TPSA) is 86.9 Å². The number of nitrogens with zero attached hydrogens (tertiary/aromatic N) is 2. The van der Waals surface area contributed by atoms with E-state index >= 15 is 0 Å². The Morgan fingerprint density at radius 1 is 1.03 bits per heavy atom. The van der Waals surface area contributed by atoms with Crippen molar-refractivity contribution in [1.82, 2.24) is 4.57 Å². The molecule has 0 spiro atoms. The molecule has 3 aromatic rings. The summed E-state index contributed by atoms with van der Waals surface area (Å²) >= 11 is 3.36. The number of carbonyl (C=O) groups is 2. The highest BCUT2D eigenvalue weighted by atomic mass is 79.9. The largest absolute Gasteiger partial charge is 0.326 e. The van der Waals surface area contributed by atoms with Crippen LogP contribution in [-0.2, 0) is 9.59 Å². The van der Waals surface area contributed by atoms with Crippen molar-refractivity contribution in [1.29, 1.82) is 5.26 Å². The second-order valence-electron chi connectivity index (χ2n) is 7.02. The van der Waals surface area contributed by atoms with E-state index in [0.29, 0.717) is 5.69 Å². The number of amides is 2. The van der Waals surface area contributed by atoms with Gasteiger partial charge in [-0.15, -0.1) is 0 Å². The average Bonchev–Trinajstić information content (AvgIpc) is 2.99. The molecule has 6 nitrogen and oxygen atoms in total. The first-order chi connectivity index (χ1) is 14.8. The number of rotatable bonds is 5. The highest BCUT2D eigenvalue weighted by Crippen LogP contribution is 2.24. The van der Waals surface area contributed by atoms with Crippen molar-refractivity contribution in [3.05, 3.63) is 81.6 Å². The molecule has 0 fully saturated rings. The van der Waals surface area contributed by atoms with Crippen molar-refractivity contribution in [3.63, 3.8) is 0 Å². The molecule has 3 rings (SSSR count). The van der Waals surface area contributed by atoms with E-state index in [1.54, 1.807) is 24.3 Å². The maximum Gasteiger partial charge on any atom is 0.266 e. The lowest BCUT2D eigenvalue weighted by Gasteiger charge is -2.11. The van der Waals surface area contributed by atoms with Gasteiger partial charge in [-0.2, -0.15) is 5.26 Å². The molecule has 0 saturated carbocycles. The van der Waals surface area contributed by atoms with Gasteiger partial charge in [0.05, 0.1) is 0 Å². The summed E-state index contributed by atoms with van der Waals surface area (Å²) in [6, 6.07) is 18.6. The second kappa shape index (κ2) is 9.45. The number of benzene rings is 2. The van der Waals surface area contributed by atoms with Crippen LogP contribution in [0.2, 0.25) is 0 Å². The fraction of sp³-hybridized carbons (Fsp3) is 0.125. The van der Waals surface area contributed by atoms with Gasteiger partial charge in [0.2, 0.25) is 5.91 Å². The van der Waals surface area contributed by atoms with Crippen LogP contribution in [0, 0.1) is 25.2 Å². The fourth-order valence-corrected chi connectivity index (χ4v) is 3.70. The number of hydrogen-bond donors (Lipinski definition) is 2. The number of nitrogens with one attached hydrogen (secondary N) is 2. The zero-order valence-corrected chi connectivity index (χ0v) is 18.9. The minimum absolute atomic E-state index is 0.0150. The Labute approximate surface area is 189 Å². The summed E-state index contributed by atoms with van der Waals surface area (Å²) in [7, 11) is 0.